The van der Waals surface area contributed by atoms with Crippen molar-refractivity contribution >= 4 is 5.95 Å². The summed E-state index contributed by atoms with van der Waals surface area (Å²) < 4.78 is 2.35. The number of nitrogens with one attached hydrogen (secondary N) is 1. The van der Waals surface area contributed by atoms with Gasteiger partial charge in [-0.2, -0.15) is 0 Å². The van der Waals surface area contributed by atoms with Crippen molar-refractivity contribution < 1.29 is 0 Å². The third kappa shape index (κ3) is 2.64. The van der Waals surface area contributed by atoms with Gasteiger partial charge in [-0.1, -0.05) is 12.8 Å². The van der Waals surface area contributed by atoms with E-state index in [2.05, 4.69) is 47.0 Å². The van der Waals surface area contributed by atoms with Crippen LogP contribution in [-0.2, 0) is 6.54 Å². The predicted molar refractivity (Wildman–Crippen MR) is 78.5 cm³/mol. The lowest BCUT2D eigenvalue weighted by molar-refractivity contribution is 0.134. The Morgan fingerprint density at radius 2 is 2.05 bits per heavy atom. The van der Waals surface area contributed by atoms with Gasteiger partial charge in [-0.25, -0.2) is 4.98 Å². The molecule has 0 aliphatic heterocycles. The van der Waals surface area contributed by atoms with E-state index in [-0.39, 0.29) is 0 Å². The average Bonchev–Trinajstić information content (AvgIpc) is 2.91. The van der Waals surface area contributed by atoms with Crippen LogP contribution >= 0.6 is 0 Å². The van der Waals surface area contributed by atoms with E-state index in [4.69, 9.17) is 0 Å². The summed E-state index contributed by atoms with van der Waals surface area (Å²) in [4.78, 5) is 7.08. The minimum Gasteiger partial charge on any atom is -0.353 e. The van der Waals surface area contributed by atoms with Gasteiger partial charge in [0.1, 0.15) is 0 Å². The van der Waals surface area contributed by atoms with Crippen molar-refractivity contribution in [2.75, 3.05) is 19.4 Å². The number of likely N-dealkylation sites (N-methyl/N-ethyl adjacent to an activating group) is 1. The van der Waals surface area contributed by atoms with Crippen LogP contribution in [-0.4, -0.2) is 40.1 Å². The zero-order valence-electron chi connectivity index (χ0n) is 12.4. The summed E-state index contributed by atoms with van der Waals surface area (Å²) in [5.74, 6) is 1.08. The van der Waals surface area contributed by atoms with E-state index in [9.17, 15) is 0 Å². The number of aromatic nitrogens is 2. The van der Waals surface area contributed by atoms with Crippen LogP contribution in [0.4, 0.5) is 5.95 Å². The van der Waals surface area contributed by atoms with Crippen LogP contribution in [0, 0.1) is 6.92 Å². The van der Waals surface area contributed by atoms with Crippen LogP contribution in [0.1, 0.15) is 44.2 Å². The highest BCUT2D eigenvalue weighted by atomic mass is 15.3. The molecule has 0 spiro atoms. The van der Waals surface area contributed by atoms with Crippen LogP contribution in [0.25, 0.3) is 0 Å². The van der Waals surface area contributed by atoms with Gasteiger partial charge in [0.05, 0.1) is 5.69 Å². The lowest BCUT2D eigenvalue weighted by Gasteiger charge is -2.37. The summed E-state index contributed by atoms with van der Waals surface area (Å²) >= 11 is 0. The molecule has 0 amide bonds. The second-order valence-electron chi connectivity index (χ2n) is 6.58. The molecule has 1 aromatic rings. The molecule has 2 aliphatic carbocycles. The molecule has 3 rings (SSSR count). The topological polar surface area (TPSA) is 33.1 Å². The van der Waals surface area contributed by atoms with Crippen LogP contribution in [0.5, 0.6) is 0 Å². The van der Waals surface area contributed by atoms with Crippen molar-refractivity contribution in [1.29, 1.82) is 0 Å². The molecule has 0 bridgehead atoms. The molecule has 0 radical (unpaired) electrons. The molecule has 4 nitrogen and oxygen atoms in total. The van der Waals surface area contributed by atoms with E-state index in [0.29, 0.717) is 11.6 Å². The minimum atomic E-state index is 0.327. The zero-order valence-corrected chi connectivity index (χ0v) is 12.4. The maximum Gasteiger partial charge on any atom is 0.203 e. The van der Waals surface area contributed by atoms with Crippen LogP contribution in [0.15, 0.2) is 6.20 Å². The quantitative estimate of drug-likeness (QED) is 0.885. The molecule has 0 unspecified atom stereocenters. The SMILES string of the molecule is Cc1cn(CC2(N(C)C)CCCC2)c(NC2CC2)n1. The highest BCUT2D eigenvalue weighted by Crippen LogP contribution is 2.36. The second kappa shape index (κ2) is 4.82. The standard InChI is InChI=1S/C15H26N4/c1-12-10-19(14(16-12)17-13-6-7-13)11-15(18(2)3)8-4-5-9-15/h10,13H,4-9,11H2,1-3H3,(H,16,17). The first-order valence-electron chi connectivity index (χ1n) is 7.57. The molecule has 1 aromatic heterocycles. The molecule has 1 heterocycles. The number of rotatable bonds is 5. The maximum atomic E-state index is 4.66. The van der Waals surface area contributed by atoms with Crippen molar-refractivity contribution in [3.05, 3.63) is 11.9 Å². The maximum absolute atomic E-state index is 4.66. The van der Waals surface area contributed by atoms with Crippen molar-refractivity contribution in [3.8, 4) is 0 Å². The van der Waals surface area contributed by atoms with Crippen molar-refractivity contribution in [3.63, 3.8) is 0 Å². The average molecular weight is 262 g/mol. The Balaban J connectivity index is 1.80. The number of hydrogen-bond acceptors (Lipinski definition) is 3. The number of hydrogen-bond donors (Lipinski definition) is 1. The summed E-state index contributed by atoms with van der Waals surface area (Å²) in [5, 5.41) is 3.57. The number of imidazole rings is 1. The summed E-state index contributed by atoms with van der Waals surface area (Å²) in [6.07, 6.45) is 10.1. The molecule has 2 saturated carbocycles. The van der Waals surface area contributed by atoms with Crippen molar-refractivity contribution in [2.24, 2.45) is 0 Å². The van der Waals surface area contributed by atoms with Gasteiger partial charge in [0.2, 0.25) is 5.95 Å². The number of anilines is 1. The Labute approximate surface area is 116 Å². The first kappa shape index (κ1) is 13.0. The normalized spacial score (nSPS) is 22.1. The summed E-state index contributed by atoms with van der Waals surface area (Å²) in [6, 6.07) is 0.666. The molecule has 19 heavy (non-hydrogen) atoms. The van der Waals surface area contributed by atoms with E-state index >= 15 is 0 Å². The third-order valence-electron chi connectivity index (χ3n) is 4.76. The Morgan fingerprint density at radius 3 is 2.63 bits per heavy atom. The van der Waals surface area contributed by atoms with E-state index in [1.807, 2.05) is 0 Å². The fraction of sp³-hybridized carbons (Fsp3) is 0.800. The Bertz CT molecular complexity index is 439. The van der Waals surface area contributed by atoms with Crippen LogP contribution in [0.2, 0.25) is 0 Å². The first-order chi connectivity index (χ1) is 9.09. The molecular weight excluding hydrogens is 236 g/mol. The van der Waals surface area contributed by atoms with Gasteiger partial charge in [0.25, 0.3) is 0 Å². The number of aryl methyl sites for hydroxylation is 1. The Morgan fingerprint density at radius 1 is 1.37 bits per heavy atom. The lowest BCUT2D eigenvalue weighted by atomic mass is 9.96. The van der Waals surface area contributed by atoms with Crippen molar-refractivity contribution in [2.45, 2.75) is 63.6 Å². The van der Waals surface area contributed by atoms with Gasteiger partial charge in [-0.05, 0) is 46.7 Å². The largest absolute Gasteiger partial charge is 0.353 e. The monoisotopic (exact) mass is 262 g/mol. The highest BCUT2D eigenvalue weighted by Gasteiger charge is 2.37. The molecule has 2 aliphatic rings. The Hall–Kier alpha value is -1.03. The highest BCUT2D eigenvalue weighted by molar-refractivity contribution is 5.32. The third-order valence-corrected chi connectivity index (χ3v) is 4.76. The molecule has 4 heteroatoms. The number of nitrogens with zero attached hydrogens (tertiary/aromatic N) is 3. The lowest BCUT2D eigenvalue weighted by Crippen LogP contribution is -2.45. The zero-order chi connectivity index (χ0) is 13.5. The second-order valence-corrected chi connectivity index (χ2v) is 6.58. The molecular formula is C15H26N4. The Kier molecular flexibility index (Phi) is 3.29. The van der Waals surface area contributed by atoms with E-state index < -0.39 is 0 Å². The summed E-state index contributed by atoms with van der Waals surface area (Å²) in [5.41, 5.74) is 1.45. The summed E-state index contributed by atoms with van der Waals surface area (Å²) in [7, 11) is 4.45. The van der Waals surface area contributed by atoms with Crippen LogP contribution < -0.4 is 5.32 Å². The molecule has 2 fully saturated rings. The minimum absolute atomic E-state index is 0.327. The van der Waals surface area contributed by atoms with Gasteiger partial charge >= 0.3 is 0 Å². The fourth-order valence-electron chi connectivity index (χ4n) is 3.29. The van der Waals surface area contributed by atoms with Gasteiger partial charge in [-0.15, -0.1) is 0 Å². The van der Waals surface area contributed by atoms with Gasteiger partial charge < -0.3 is 14.8 Å². The fourth-order valence-corrected chi connectivity index (χ4v) is 3.29. The van der Waals surface area contributed by atoms with E-state index in [0.717, 1.165) is 18.2 Å². The van der Waals surface area contributed by atoms with Gasteiger partial charge in [0, 0.05) is 24.3 Å². The summed E-state index contributed by atoms with van der Waals surface area (Å²) in [6.45, 7) is 3.15. The molecule has 0 saturated heterocycles. The van der Waals surface area contributed by atoms with Crippen LogP contribution in [0.3, 0.4) is 0 Å². The van der Waals surface area contributed by atoms with Gasteiger partial charge in [-0.3, -0.25) is 0 Å². The molecule has 106 valence electrons. The first-order valence-corrected chi connectivity index (χ1v) is 7.57. The van der Waals surface area contributed by atoms with E-state index in [1.165, 1.54) is 38.5 Å². The molecule has 1 N–H and O–H groups in total. The van der Waals surface area contributed by atoms with Crippen molar-refractivity contribution in [1.82, 2.24) is 14.5 Å². The van der Waals surface area contributed by atoms with E-state index in [1.54, 1.807) is 0 Å². The smallest absolute Gasteiger partial charge is 0.203 e. The molecule has 0 atom stereocenters. The molecule has 0 aromatic carbocycles. The predicted octanol–water partition coefficient (Wildman–Crippen LogP) is 2.64. The van der Waals surface area contributed by atoms with Gasteiger partial charge in [0.15, 0.2) is 0 Å².